The number of nitrogens with zero attached hydrogens (tertiary/aromatic N) is 1. The van der Waals surface area contributed by atoms with E-state index in [4.69, 9.17) is 0 Å². The van der Waals surface area contributed by atoms with Gasteiger partial charge in [-0.05, 0) is 54.4 Å². The first kappa shape index (κ1) is 15.7. The van der Waals surface area contributed by atoms with Crippen LogP contribution >= 0.6 is 15.9 Å². The number of hydrogen-bond donors (Lipinski definition) is 1. The summed E-state index contributed by atoms with van der Waals surface area (Å²) in [6.07, 6.45) is 2.43. The topological polar surface area (TPSA) is 23.5 Å². The van der Waals surface area contributed by atoms with Gasteiger partial charge in [-0.25, -0.2) is 0 Å². The molecule has 0 spiro atoms. The fourth-order valence-corrected chi connectivity index (χ4v) is 4.30. The summed E-state index contributed by atoms with van der Waals surface area (Å²) in [5.74, 6) is 0.376. The lowest BCUT2D eigenvalue weighted by Gasteiger charge is -2.30. The predicted octanol–water partition coefficient (Wildman–Crippen LogP) is 5.49. The highest BCUT2D eigenvalue weighted by atomic mass is 79.9. The van der Waals surface area contributed by atoms with Crippen LogP contribution in [0.3, 0.4) is 0 Å². The van der Waals surface area contributed by atoms with Gasteiger partial charge >= 0.3 is 0 Å². The van der Waals surface area contributed by atoms with Gasteiger partial charge in [-0.1, -0.05) is 64.5 Å². The van der Waals surface area contributed by atoms with Crippen molar-refractivity contribution in [2.45, 2.75) is 18.9 Å². The molecule has 0 saturated carbocycles. The second-order valence-electron chi connectivity index (χ2n) is 6.39. The zero-order valence-electron chi connectivity index (χ0n) is 13.5. The molecule has 0 amide bonds. The van der Waals surface area contributed by atoms with Crippen LogP contribution in [0.15, 0.2) is 65.1 Å². The van der Waals surface area contributed by atoms with Crippen LogP contribution in [-0.2, 0) is 0 Å². The Labute approximate surface area is 150 Å². The molecule has 0 radical (unpaired) electrons. The van der Waals surface area contributed by atoms with Crippen molar-refractivity contribution >= 4 is 26.7 Å². The van der Waals surface area contributed by atoms with Crippen LogP contribution in [0.5, 0.6) is 5.75 Å². The number of phenols is 1. The molecule has 4 rings (SSSR count). The van der Waals surface area contributed by atoms with Gasteiger partial charge in [0, 0.05) is 10.0 Å². The van der Waals surface area contributed by atoms with Gasteiger partial charge < -0.3 is 5.11 Å². The molecule has 122 valence electrons. The van der Waals surface area contributed by atoms with Crippen molar-refractivity contribution in [2.75, 3.05) is 13.1 Å². The summed E-state index contributed by atoms with van der Waals surface area (Å²) in [5.41, 5.74) is 2.23. The Balaban J connectivity index is 1.98. The molecular weight excluding hydrogens is 362 g/mol. The number of hydrogen-bond acceptors (Lipinski definition) is 2. The Morgan fingerprint density at radius 2 is 1.58 bits per heavy atom. The molecule has 1 heterocycles. The lowest BCUT2D eigenvalue weighted by Crippen LogP contribution is -2.27. The third-order valence-corrected chi connectivity index (χ3v) is 5.65. The molecule has 2 nitrogen and oxygen atoms in total. The maximum absolute atomic E-state index is 10.7. The van der Waals surface area contributed by atoms with Crippen molar-refractivity contribution in [3.05, 3.63) is 76.3 Å². The molecule has 1 unspecified atom stereocenters. The van der Waals surface area contributed by atoms with Crippen LogP contribution in [0.25, 0.3) is 10.8 Å². The summed E-state index contributed by atoms with van der Waals surface area (Å²) in [4.78, 5) is 2.49. The average molecular weight is 382 g/mol. The number of fused-ring (bicyclic) bond motifs is 1. The molecule has 0 aliphatic carbocycles. The van der Waals surface area contributed by atoms with Crippen molar-refractivity contribution in [1.29, 1.82) is 0 Å². The fourth-order valence-electron chi connectivity index (χ4n) is 3.80. The maximum atomic E-state index is 10.7. The second kappa shape index (κ2) is 6.58. The first-order chi connectivity index (χ1) is 11.8. The molecule has 0 bridgehead atoms. The molecule has 24 heavy (non-hydrogen) atoms. The van der Waals surface area contributed by atoms with Crippen molar-refractivity contribution in [2.24, 2.45) is 0 Å². The van der Waals surface area contributed by atoms with Gasteiger partial charge in [-0.15, -0.1) is 0 Å². The van der Waals surface area contributed by atoms with Crippen LogP contribution in [0, 0.1) is 0 Å². The molecule has 3 aromatic rings. The Morgan fingerprint density at radius 3 is 2.38 bits per heavy atom. The van der Waals surface area contributed by atoms with Gasteiger partial charge in [0.05, 0.1) is 6.04 Å². The first-order valence-electron chi connectivity index (χ1n) is 8.45. The van der Waals surface area contributed by atoms with Crippen molar-refractivity contribution in [3.8, 4) is 5.75 Å². The lowest BCUT2D eigenvalue weighted by atomic mass is 9.91. The quantitative estimate of drug-likeness (QED) is 0.647. The van der Waals surface area contributed by atoms with Crippen molar-refractivity contribution in [3.63, 3.8) is 0 Å². The molecule has 1 saturated heterocycles. The average Bonchev–Trinajstić information content (AvgIpc) is 3.13. The van der Waals surface area contributed by atoms with Gasteiger partial charge in [0.1, 0.15) is 5.75 Å². The Bertz CT molecular complexity index is 871. The van der Waals surface area contributed by atoms with Gasteiger partial charge in [0.25, 0.3) is 0 Å². The summed E-state index contributed by atoms with van der Waals surface area (Å²) in [5, 5.41) is 13.0. The highest BCUT2D eigenvalue weighted by Crippen LogP contribution is 2.42. The molecule has 3 heteroatoms. The number of benzene rings is 3. The molecule has 1 atom stereocenters. The van der Waals surface area contributed by atoms with Crippen molar-refractivity contribution < 1.29 is 5.11 Å². The van der Waals surface area contributed by atoms with Gasteiger partial charge in [-0.3, -0.25) is 4.90 Å². The highest BCUT2D eigenvalue weighted by molar-refractivity contribution is 9.10. The van der Waals surface area contributed by atoms with E-state index in [1.807, 2.05) is 30.3 Å². The van der Waals surface area contributed by atoms with Crippen LogP contribution in [-0.4, -0.2) is 23.1 Å². The highest BCUT2D eigenvalue weighted by Gasteiger charge is 2.29. The smallest absolute Gasteiger partial charge is 0.121 e. The van der Waals surface area contributed by atoms with Gasteiger partial charge in [0.15, 0.2) is 0 Å². The molecule has 0 aromatic heterocycles. The first-order valence-corrected chi connectivity index (χ1v) is 9.24. The van der Waals surface area contributed by atoms with E-state index in [-0.39, 0.29) is 6.04 Å². The monoisotopic (exact) mass is 381 g/mol. The number of halogens is 1. The number of phenolic OH excluding ortho intramolecular Hbond substituents is 1. The predicted molar refractivity (Wildman–Crippen MR) is 102 cm³/mol. The minimum atomic E-state index is 0.0641. The van der Waals surface area contributed by atoms with E-state index in [1.165, 1.54) is 23.8 Å². The third kappa shape index (κ3) is 2.72. The van der Waals surface area contributed by atoms with E-state index in [0.717, 1.165) is 28.5 Å². The fraction of sp³-hybridized carbons (Fsp3) is 0.238. The lowest BCUT2D eigenvalue weighted by molar-refractivity contribution is 0.276. The zero-order chi connectivity index (χ0) is 16.5. The largest absolute Gasteiger partial charge is 0.508 e. The summed E-state index contributed by atoms with van der Waals surface area (Å²) in [7, 11) is 0. The number of rotatable bonds is 3. The van der Waals surface area contributed by atoms with E-state index in [2.05, 4.69) is 51.2 Å². The SMILES string of the molecule is Oc1ccc2ccccc2c1C(c1ccccc1Br)N1CCCC1. The third-order valence-electron chi connectivity index (χ3n) is 4.93. The minimum absolute atomic E-state index is 0.0641. The molecule has 1 fully saturated rings. The molecule has 3 aromatic carbocycles. The zero-order valence-corrected chi connectivity index (χ0v) is 15.0. The number of likely N-dealkylation sites (tertiary alicyclic amines) is 1. The van der Waals surface area contributed by atoms with Gasteiger partial charge in [0.2, 0.25) is 0 Å². The van der Waals surface area contributed by atoms with Gasteiger partial charge in [-0.2, -0.15) is 0 Å². The molecule has 1 aliphatic rings. The summed E-state index contributed by atoms with van der Waals surface area (Å²) in [6.45, 7) is 2.13. The molecule has 1 aliphatic heterocycles. The Hall–Kier alpha value is -1.84. The standard InChI is InChI=1S/C21H20BrNO/c22-18-10-4-3-9-17(18)21(23-13-5-6-14-23)20-16-8-2-1-7-15(16)11-12-19(20)24/h1-4,7-12,21,24H,5-6,13-14H2. The Kier molecular flexibility index (Phi) is 4.30. The number of aromatic hydroxyl groups is 1. The van der Waals surface area contributed by atoms with Crippen LogP contribution in [0.1, 0.15) is 30.0 Å². The minimum Gasteiger partial charge on any atom is -0.508 e. The molecule has 1 N–H and O–H groups in total. The van der Waals surface area contributed by atoms with E-state index < -0.39 is 0 Å². The van der Waals surface area contributed by atoms with E-state index >= 15 is 0 Å². The van der Waals surface area contributed by atoms with Crippen molar-refractivity contribution in [1.82, 2.24) is 4.90 Å². The van der Waals surface area contributed by atoms with E-state index in [9.17, 15) is 5.11 Å². The van der Waals surface area contributed by atoms with Crippen LogP contribution < -0.4 is 0 Å². The summed E-state index contributed by atoms with van der Waals surface area (Å²) in [6, 6.07) is 20.6. The van der Waals surface area contributed by atoms with E-state index in [1.54, 1.807) is 0 Å². The Morgan fingerprint density at radius 1 is 0.875 bits per heavy atom. The second-order valence-corrected chi connectivity index (χ2v) is 7.24. The summed E-state index contributed by atoms with van der Waals surface area (Å²) >= 11 is 3.72. The molecular formula is C21H20BrNO. The summed E-state index contributed by atoms with van der Waals surface area (Å²) < 4.78 is 1.09. The van der Waals surface area contributed by atoms with Crippen LogP contribution in [0.4, 0.5) is 0 Å². The normalized spacial score (nSPS) is 16.5. The maximum Gasteiger partial charge on any atom is 0.121 e. The van der Waals surface area contributed by atoms with Crippen LogP contribution in [0.2, 0.25) is 0 Å². The van der Waals surface area contributed by atoms with E-state index in [0.29, 0.717) is 5.75 Å².